The van der Waals surface area contributed by atoms with Gasteiger partial charge < -0.3 is 5.32 Å². The first-order valence-corrected chi connectivity index (χ1v) is 8.72. The van der Waals surface area contributed by atoms with Crippen molar-refractivity contribution >= 4 is 27.7 Å². The van der Waals surface area contributed by atoms with Gasteiger partial charge >= 0.3 is 0 Å². The SMILES string of the molecule is O=C(Nc1cc(CC2CCCCC2)[nH]n1)c1cc(F)ccc1Br. The molecule has 1 fully saturated rings. The number of amides is 1. The summed E-state index contributed by atoms with van der Waals surface area (Å²) in [7, 11) is 0. The van der Waals surface area contributed by atoms with Crippen LogP contribution in [0.1, 0.15) is 48.2 Å². The van der Waals surface area contributed by atoms with E-state index in [0.717, 1.165) is 12.1 Å². The summed E-state index contributed by atoms with van der Waals surface area (Å²) in [5, 5.41) is 9.82. The molecule has 2 aromatic rings. The zero-order valence-electron chi connectivity index (χ0n) is 12.7. The van der Waals surface area contributed by atoms with Crippen molar-refractivity contribution in [1.82, 2.24) is 10.2 Å². The van der Waals surface area contributed by atoms with Crippen LogP contribution in [0.15, 0.2) is 28.7 Å². The highest BCUT2D eigenvalue weighted by atomic mass is 79.9. The smallest absolute Gasteiger partial charge is 0.258 e. The van der Waals surface area contributed by atoms with Gasteiger partial charge in [-0.15, -0.1) is 0 Å². The summed E-state index contributed by atoms with van der Waals surface area (Å²) in [6.07, 6.45) is 7.43. The van der Waals surface area contributed by atoms with Gasteiger partial charge in [-0.2, -0.15) is 5.10 Å². The monoisotopic (exact) mass is 379 g/mol. The summed E-state index contributed by atoms with van der Waals surface area (Å²) in [6, 6.07) is 5.88. The van der Waals surface area contributed by atoms with Crippen LogP contribution in [-0.4, -0.2) is 16.1 Å². The van der Waals surface area contributed by atoms with Crippen LogP contribution in [-0.2, 0) is 6.42 Å². The first kappa shape index (κ1) is 16.2. The molecule has 0 radical (unpaired) electrons. The lowest BCUT2D eigenvalue weighted by Crippen LogP contribution is -2.13. The number of benzene rings is 1. The minimum atomic E-state index is -0.446. The summed E-state index contributed by atoms with van der Waals surface area (Å²) in [6.45, 7) is 0. The molecule has 1 amide bonds. The highest BCUT2D eigenvalue weighted by molar-refractivity contribution is 9.10. The molecule has 0 bridgehead atoms. The molecule has 0 unspecified atom stereocenters. The molecule has 4 nitrogen and oxygen atoms in total. The molecule has 1 aliphatic rings. The van der Waals surface area contributed by atoms with E-state index in [1.54, 1.807) is 0 Å². The fourth-order valence-corrected chi connectivity index (χ4v) is 3.51. The zero-order chi connectivity index (χ0) is 16.2. The van der Waals surface area contributed by atoms with Crippen LogP contribution >= 0.6 is 15.9 Å². The van der Waals surface area contributed by atoms with Crippen LogP contribution in [0.25, 0.3) is 0 Å². The van der Waals surface area contributed by atoms with E-state index in [9.17, 15) is 9.18 Å². The van der Waals surface area contributed by atoms with Gasteiger partial charge in [-0.1, -0.05) is 32.1 Å². The molecule has 2 N–H and O–H groups in total. The summed E-state index contributed by atoms with van der Waals surface area (Å²) >= 11 is 3.26. The van der Waals surface area contributed by atoms with Crippen LogP contribution in [0.4, 0.5) is 10.2 Å². The van der Waals surface area contributed by atoms with Gasteiger partial charge in [-0.25, -0.2) is 4.39 Å². The first-order chi connectivity index (χ1) is 11.1. The largest absolute Gasteiger partial charge is 0.305 e. The Kier molecular flexibility index (Phi) is 5.10. The Morgan fingerprint density at radius 2 is 2.09 bits per heavy atom. The van der Waals surface area contributed by atoms with E-state index in [1.165, 1.54) is 50.3 Å². The van der Waals surface area contributed by atoms with Crippen molar-refractivity contribution in [3.05, 3.63) is 45.8 Å². The van der Waals surface area contributed by atoms with Crippen LogP contribution < -0.4 is 5.32 Å². The zero-order valence-corrected chi connectivity index (χ0v) is 14.3. The second-order valence-electron chi connectivity index (χ2n) is 6.06. The van der Waals surface area contributed by atoms with Gasteiger partial charge in [0.1, 0.15) is 5.82 Å². The van der Waals surface area contributed by atoms with Gasteiger partial charge in [0.25, 0.3) is 5.91 Å². The molecule has 6 heteroatoms. The van der Waals surface area contributed by atoms with Crippen molar-refractivity contribution in [2.45, 2.75) is 38.5 Å². The predicted molar refractivity (Wildman–Crippen MR) is 90.9 cm³/mol. The molecule has 122 valence electrons. The molecule has 0 spiro atoms. The third-order valence-electron chi connectivity index (χ3n) is 4.28. The maximum absolute atomic E-state index is 13.3. The van der Waals surface area contributed by atoms with Crippen molar-refractivity contribution in [3.63, 3.8) is 0 Å². The molecule has 0 saturated heterocycles. The molecule has 0 atom stereocenters. The Morgan fingerprint density at radius 3 is 2.87 bits per heavy atom. The number of carbonyl (C=O) groups excluding carboxylic acids is 1. The summed E-state index contributed by atoms with van der Waals surface area (Å²) < 4.78 is 13.8. The lowest BCUT2D eigenvalue weighted by Gasteiger charge is -2.20. The Labute approximate surface area is 143 Å². The van der Waals surface area contributed by atoms with Crippen molar-refractivity contribution in [2.75, 3.05) is 5.32 Å². The van der Waals surface area contributed by atoms with Gasteiger partial charge in [-0.05, 0) is 46.5 Å². The molecular weight excluding hydrogens is 361 g/mol. The van der Waals surface area contributed by atoms with Crippen molar-refractivity contribution < 1.29 is 9.18 Å². The van der Waals surface area contributed by atoms with E-state index in [2.05, 4.69) is 31.4 Å². The Balaban J connectivity index is 1.64. The van der Waals surface area contributed by atoms with E-state index in [0.29, 0.717) is 16.2 Å². The standard InChI is InChI=1S/C17H19BrFN3O/c18-15-7-6-12(19)9-14(15)17(23)20-16-10-13(21-22-16)8-11-4-2-1-3-5-11/h6-7,9-11H,1-5,8H2,(H2,20,21,22,23). The maximum Gasteiger partial charge on any atom is 0.258 e. The Morgan fingerprint density at radius 1 is 1.30 bits per heavy atom. The van der Waals surface area contributed by atoms with Gasteiger partial charge in [0.15, 0.2) is 5.82 Å². The van der Waals surface area contributed by atoms with Gasteiger partial charge in [0.2, 0.25) is 0 Å². The number of aromatic nitrogens is 2. The number of hydrogen-bond donors (Lipinski definition) is 2. The number of halogens is 2. The summed E-state index contributed by atoms with van der Waals surface area (Å²) in [5.74, 6) is 0.340. The van der Waals surface area contributed by atoms with E-state index in [-0.39, 0.29) is 11.5 Å². The van der Waals surface area contributed by atoms with Crippen molar-refractivity contribution in [3.8, 4) is 0 Å². The molecule has 23 heavy (non-hydrogen) atoms. The Hall–Kier alpha value is -1.69. The summed E-state index contributed by atoms with van der Waals surface area (Å²) in [5.41, 5.74) is 1.28. The number of rotatable bonds is 4. The fourth-order valence-electron chi connectivity index (χ4n) is 3.09. The second-order valence-corrected chi connectivity index (χ2v) is 6.92. The average Bonchev–Trinajstić information content (AvgIpc) is 2.97. The topological polar surface area (TPSA) is 57.8 Å². The van der Waals surface area contributed by atoms with E-state index in [4.69, 9.17) is 0 Å². The molecule has 3 rings (SSSR count). The second kappa shape index (κ2) is 7.25. The van der Waals surface area contributed by atoms with E-state index >= 15 is 0 Å². The average molecular weight is 380 g/mol. The first-order valence-electron chi connectivity index (χ1n) is 7.92. The number of hydrogen-bond acceptors (Lipinski definition) is 2. The number of anilines is 1. The van der Waals surface area contributed by atoms with Gasteiger partial charge in [0, 0.05) is 16.2 Å². The third-order valence-corrected chi connectivity index (χ3v) is 4.97. The number of nitrogens with one attached hydrogen (secondary N) is 2. The van der Waals surface area contributed by atoms with Gasteiger partial charge in [-0.3, -0.25) is 9.89 Å². The van der Waals surface area contributed by atoms with Crippen LogP contribution in [0.2, 0.25) is 0 Å². The quantitative estimate of drug-likeness (QED) is 0.809. The van der Waals surface area contributed by atoms with E-state index < -0.39 is 5.82 Å². The number of H-pyrrole nitrogens is 1. The Bertz CT molecular complexity index is 695. The summed E-state index contributed by atoms with van der Waals surface area (Å²) in [4.78, 5) is 12.2. The van der Waals surface area contributed by atoms with Gasteiger partial charge in [0.05, 0.1) is 5.56 Å². The normalized spacial score (nSPS) is 15.6. The predicted octanol–water partition coefficient (Wildman–Crippen LogP) is 4.69. The highest BCUT2D eigenvalue weighted by Crippen LogP contribution is 2.27. The molecule has 1 aromatic heterocycles. The minimum absolute atomic E-state index is 0.252. The lowest BCUT2D eigenvalue weighted by atomic mass is 9.86. The highest BCUT2D eigenvalue weighted by Gasteiger charge is 2.16. The van der Waals surface area contributed by atoms with Crippen LogP contribution in [0.3, 0.4) is 0 Å². The van der Waals surface area contributed by atoms with Crippen LogP contribution in [0.5, 0.6) is 0 Å². The lowest BCUT2D eigenvalue weighted by molar-refractivity contribution is 0.102. The molecule has 1 saturated carbocycles. The van der Waals surface area contributed by atoms with Crippen LogP contribution in [0, 0.1) is 11.7 Å². The number of carbonyl (C=O) groups is 1. The fraction of sp³-hybridized carbons (Fsp3) is 0.412. The molecule has 1 aliphatic carbocycles. The number of aromatic amines is 1. The molecular formula is C17H19BrFN3O. The maximum atomic E-state index is 13.3. The van der Waals surface area contributed by atoms with Crippen molar-refractivity contribution in [1.29, 1.82) is 0 Å². The third kappa shape index (κ3) is 4.19. The molecule has 0 aliphatic heterocycles. The molecule has 1 heterocycles. The molecule has 1 aromatic carbocycles. The minimum Gasteiger partial charge on any atom is -0.305 e. The van der Waals surface area contributed by atoms with E-state index in [1.807, 2.05) is 6.07 Å². The number of nitrogens with zero attached hydrogens (tertiary/aromatic N) is 1. The van der Waals surface area contributed by atoms with Crippen molar-refractivity contribution in [2.24, 2.45) is 5.92 Å².